The number of tetrazole rings is 1. The second kappa shape index (κ2) is 9.41. The summed E-state index contributed by atoms with van der Waals surface area (Å²) in [7, 11) is 1.68. The average molecular weight is 278 g/mol. The van der Waals surface area contributed by atoms with Crippen molar-refractivity contribution in [3.63, 3.8) is 0 Å². The van der Waals surface area contributed by atoms with Crippen molar-refractivity contribution in [2.45, 2.75) is 11.7 Å². The zero-order valence-electron chi connectivity index (χ0n) is 9.67. The molecule has 0 radical (unpaired) electrons. The van der Waals surface area contributed by atoms with E-state index in [-0.39, 0.29) is 0 Å². The first-order valence-corrected chi connectivity index (χ1v) is 6.64. The fourth-order valence-corrected chi connectivity index (χ4v) is 1.99. The van der Waals surface area contributed by atoms with E-state index >= 15 is 0 Å². The highest BCUT2D eigenvalue weighted by atomic mass is 35.5. The van der Waals surface area contributed by atoms with Crippen LogP contribution in [-0.4, -0.2) is 52.8 Å². The lowest BCUT2D eigenvalue weighted by molar-refractivity contribution is 0.199. The lowest BCUT2D eigenvalue weighted by atomic mass is 10.6. The fraction of sp³-hybridized carbons (Fsp3) is 0.667. The number of methoxy groups -OCH3 is 1. The van der Waals surface area contributed by atoms with Crippen molar-refractivity contribution >= 4 is 23.4 Å². The Bertz CT molecular complexity index is 333. The highest BCUT2D eigenvalue weighted by Gasteiger charge is 2.04. The second-order valence-electron chi connectivity index (χ2n) is 3.10. The minimum atomic E-state index is 0.706. The maximum absolute atomic E-state index is 5.44. The van der Waals surface area contributed by atoms with E-state index in [9.17, 15) is 0 Å². The summed E-state index contributed by atoms with van der Waals surface area (Å²) < 4.78 is 6.70. The normalized spacial score (nSPS) is 11.4. The number of thioether (sulfide) groups is 1. The van der Waals surface area contributed by atoms with Gasteiger partial charge in [-0.2, -0.15) is 0 Å². The van der Waals surface area contributed by atoms with Crippen LogP contribution in [0.5, 0.6) is 0 Å². The molecule has 0 saturated carbocycles. The first kappa shape index (κ1) is 14.4. The Morgan fingerprint density at radius 1 is 1.53 bits per heavy atom. The SMILES string of the molecule is COCCNCCn1nnnc1SCC=CCl. The maximum atomic E-state index is 5.44. The molecule has 0 aliphatic heterocycles. The quantitative estimate of drug-likeness (QED) is 0.531. The van der Waals surface area contributed by atoms with Crippen LogP contribution in [0.15, 0.2) is 16.8 Å². The van der Waals surface area contributed by atoms with E-state index in [4.69, 9.17) is 16.3 Å². The topological polar surface area (TPSA) is 64.9 Å². The minimum Gasteiger partial charge on any atom is -0.383 e. The molecule has 0 atom stereocenters. The number of hydrogen-bond donors (Lipinski definition) is 1. The molecule has 0 saturated heterocycles. The zero-order valence-corrected chi connectivity index (χ0v) is 11.2. The average Bonchev–Trinajstić information content (AvgIpc) is 2.77. The molecule has 0 amide bonds. The van der Waals surface area contributed by atoms with Crippen molar-refractivity contribution in [3.8, 4) is 0 Å². The molecule has 1 N–H and O–H groups in total. The summed E-state index contributed by atoms with van der Waals surface area (Å²) in [4.78, 5) is 0. The van der Waals surface area contributed by atoms with Crippen molar-refractivity contribution in [2.75, 3.05) is 32.6 Å². The van der Waals surface area contributed by atoms with Gasteiger partial charge in [-0.15, -0.1) is 5.10 Å². The summed E-state index contributed by atoms with van der Waals surface area (Å²) in [5.41, 5.74) is 1.49. The Morgan fingerprint density at radius 3 is 3.18 bits per heavy atom. The molecule has 1 rings (SSSR count). The van der Waals surface area contributed by atoms with Crippen LogP contribution in [0.4, 0.5) is 0 Å². The second-order valence-corrected chi connectivity index (χ2v) is 4.34. The fourth-order valence-electron chi connectivity index (χ4n) is 1.08. The van der Waals surface area contributed by atoms with E-state index in [2.05, 4.69) is 20.8 Å². The number of rotatable bonds is 9. The summed E-state index contributed by atoms with van der Waals surface area (Å²) in [6.07, 6.45) is 1.85. The van der Waals surface area contributed by atoms with Gasteiger partial charge in [0.2, 0.25) is 5.16 Å². The molecule has 8 heteroatoms. The highest BCUT2D eigenvalue weighted by molar-refractivity contribution is 7.99. The number of halogens is 1. The van der Waals surface area contributed by atoms with E-state index in [1.54, 1.807) is 23.6 Å². The van der Waals surface area contributed by atoms with E-state index in [0.717, 1.165) is 30.5 Å². The van der Waals surface area contributed by atoms with Crippen LogP contribution < -0.4 is 5.32 Å². The van der Waals surface area contributed by atoms with Gasteiger partial charge in [-0.1, -0.05) is 29.4 Å². The van der Waals surface area contributed by atoms with Gasteiger partial charge in [0.1, 0.15) is 0 Å². The van der Waals surface area contributed by atoms with Crippen molar-refractivity contribution < 1.29 is 4.74 Å². The molecule has 0 unspecified atom stereocenters. The zero-order chi connectivity index (χ0) is 12.3. The van der Waals surface area contributed by atoms with Gasteiger partial charge in [0.25, 0.3) is 0 Å². The first-order chi connectivity index (χ1) is 8.38. The van der Waals surface area contributed by atoms with Crippen molar-refractivity contribution in [3.05, 3.63) is 11.6 Å². The Balaban J connectivity index is 2.25. The van der Waals surface area contributed by atoms with Gasteiger partial charge in [-0.05, 0) is 10.4 Å². The van der Waals surface area contributed by atoms with Crippen LogP contribution in [0.25, 0.3) is 0 Å². The number of nitrogens with one attached hydrogen (secondary N) is 1. The third-order valence-electron chi connectivity index (χ3n) is 1.88. The third-order valence-corrected chi connectivity index (χ3v) is 2.97. The Hall–Kier alpha value is -0.630. The lowest BCUT2D eigenvalue weighted by Crippen LogP contribution is -2.24. The maximum Gasteiger partial charge on any atom is 0.209 e. The van der Waals surface area contributed by atoms with Gasteiger partial charge < -0.3 is 10.1 Å². The van der Waals surface area contributed by atoms with E-state index in [0.29, 0.717) is 6.61 Å². The largest absolute Gasteiger partial charge is 0.383 e. The predicted octanol–water partition coefficient (Wildman–Crippen LogP) is 0.754. The van der Waals surface area contributed by atoms with Crippen LogP contribution in [0.1, 0.15) is 0 Å². The third kappa shape index (κ3) is 6.02. The monoisotopic (exact) mass is 277 g/mol. The summed E-state index contributed by atoms with van der Waals surface area (Å²) >= 11 is 6.99. The minimum absolute atomic E-state index is 0.706. The molecule has 0 aliphatic carbocycles. The Labute approximate surface area is 110 Å². The van der Waals surface area contributed by atoms with Crippen LogP contribution >= 0.6 is 23.4 Å². The molecule has 1 aromatic heterocycles. The molecule has 0 aliphatic rings. The van der Waals surface area contributed by atoms with Crippen LogP contribution in [-0.2, 0) is 11.3 Å². The standard InChI is InChI=1S/C9H16ClN5OS/c1-16-7-5-11-4-6-15-9(12-13-14-15)17-8-2-3-10/h2-3,11H,4-8H2,1H3. The Morgan fingerprint density at radius 2 is 2.41 bits per heavy atom. The van der Waals surface area contributed by atoms with Crippen molar-refractivity contribution in [2.24, 2.45) is 0 Å². The molecule has 96 valence electrons. The molecule has 0 aromatic carbocycles. The van der Waals surface area contributed by atoms with Crippen LogP contribution in [0, 0.1) is 0 Å². The molecule has 0 spiro atoms. The first-order valence-electron chi connectivity index (χ1n) is 5.22. The van der Waals surface area contributed by atoms with Crippen LogP contribution in [0.3, 0.4) is 0 Å². The smallest absolute Gasteiger partial charge is 0.209 e. The molecule has 0 fully saturated rings. The summed E-state index contributed by atoms with van der Waals surface area (Å²) in [6.45, 7) is 3.09. The van der Waals surface area contributed by atoms with Gasteiger partial charge in [-0.25, -0.2) is 4.68 Å². The summed E-state index contributed by atoms with van der Waals surface area (Å²) in [5.74, 6) is 0.765. The number of ether oxygens (including phenoxy) is 1. The lowest BCUT2D eigenvalue weighted by Gasteiger charge is -2.05. The summed E-state index contributed by atoms with van der Waals surface area (Å²) in [5, 5.41) is 15.5. The predicted molar refractivity (Wildman–Crippen MR) is 68.3 cm³/mol. The molecule has 0 bridgehead atoms. The molecule has 1 aromatic rings. The van der Waals surface area contributed by atoms with Gasteiger partial charge in [0.15, 0.2) is 0 Å². The molecular weight excluding hydrogens is 262 g/mol. The van der Waals surface area contributed by atoms with Gasteiger partial charge in [0, 0.05) is 31.5 Å². The van der Waals surface area contributed by atoms with Gasteiger partial charge in [0.05, 0.1) is 13.2 Å². The molecule has 17 heavy (non-hydrogen) atoms. The molecular formula is C9H16ClN5OS. The highest BCUT2D eigenvalue weighted by Crippen LogP contribution is 2.13. The van der Waals surface area contributed by atoms with Crippen molar-refractivity contribution in [1.29, 1.82) is 0 Å². The van der Waals surface area contributed by atoms with E-state index in [1.165, 1.54) is 5.54 Å². The van der Waals surface area contributed by atoms with Crippen molar-refractivity contribution in [1.82, 2.24) is 25.5 Å². The Kier molecular flexibility index (Phi) is 7.98. The molecule has 6 nitrogen and oxygen atoms in total. The number of nitrogens with zero attached hydrogens (tertiary/aromatic N) is 4. The summed E-state index contributed by atoms with van der Waals surface area (Å²) in [6, 6.07) is 0. The molecule has 1 heterocycles. The van der Waals surface area contributed by atoms with Gasteiger partial charge in [-0.3, -0.25) is 0 Å². The van der Waals surface area contributed by atoms with E-state index < -0.39 is 0 Å². The number of hydrogen-bond acceptors (Lipinski definition) is 6. The van der Waals surface area contributed by atoms with Gasteiger partial charge >= 0.3 is 0 Å². The van der Waals surface area contributed by atoms with E-state index in [1.807, 2.05) is 6.08 Å². The van der Waals surface area contributed by atoms with Crippen LogP contribution in [0.2, 0.25) is 0 Å². The number of aromatic nitrogens is 4.